The van der Waals surface area contributed by atoms with Crippen LogP contribution in [0.2, 0.25) is 0 Å². The molecule has 1 rings (SSSR count). The minimum atomic E-state index is -0.369. The summed E-state index contributed by atoms with van der Waals surface area (Å²) < 4.78 is 9.86. The first-order chi connectivity index (χ1) is 8.58. The lowest BCUT2D eigenvalue weighted by atomic mass is 10.0. The molecule has 0 fully saturated rings. The maximum atomic E-state index is 11.9. The van der Waals surface area contributed by atoms with E-state index < -0.39 is 0 Å². The number of carbonyl (C=O) groups is 2. The van der Waals surface area contributed by atoms with Crippen LogP contribution in [0.1, 0.15) is 35.7 Å². The van der Waals surface area contributed by atoms with E-state index in [-0.39, 0.29) is 24.6 Å². The van der Waals surface area contributed by atoms with Crippen molar-refractivity contribution < 1.29 is 19.1 Å². The second kappa shape index (κ2) is 6.79. The summed E-state index contributed by atoms with van der Waals surface area (Å²) in [6.45, 7) is 4.35. The topological polar surface area (TPSA) is 52.6 Å². The highest BCUT2D eigenvalue weighted by Crippen LogP contribution is 2.19. The van der Waals surface area contributed by atoms with Gasteiger partial charge in [-0.05, 0) is 37.6 Å². The number of aryl methyl sites for hydroxylation is 1. The largest absolute Gasteiger partial charge is 0.494 e. The summed E-state index contributed by atoms with van der Waals surface area (Å²) in [6.07, 6.45) is 0.281. The highest BCUT2D eigenvalue weighted by molar-refractivity contribution is 5.98. The Kier molecular flexibility index (Phi) is 5.36. The number of benzene rings is 1. The number of ether oxygens (including phenoxy) is 2. The molecule has 0 aliphatic rings. The van der Waals surface area contributed by atoms with Crippen LogP contribution >= 0.6 is 0 Å². The van der Waals surface area contributed by atoms with Crippen molar-refractivity contribution in [2.75, 3.05) is 13.7 Å². The average Bonchev–Trinajstić information content (AvgIpc) is 2.36. The van der Waals surface area contributed by atoms with Crippen molar-refractivity contribution in [3.05, 3.63) is 29.3 Å². The van der Waals surface area contributed by atoms with Gasteiger partial charge < -0.3 is 9.47 Å². The van der Waals surface area contributed by atoms with Crippen LogP contribution in [0.5, 0.6) is 5.75 Å². The van der Waals surface area contributed by atoms with Crippen LogP contribution in [-0.4, -0.2) is 25.5 Å². The first kappa shape index (κ1) is 14.2. The van der Waals surface area contributed by atoms with E-state index in [1.807, 2.05) is 19.9 Å². The third-order valence-corrected chi connectivity index (χ3v) is 2.59. The molecule has 0 aliphatic carbocycles. The van der Waals surface area contributed by atoms with Crippen molar-refractivity contribution in [3.63, 3.8) is 0 Å². The van der Waals surface area contributed by atoms with E-state index in [2.05, 4.69) is 4.74 Å². The molecule has 0 aliphatic heterocycles. The molecule has 0 unspecified atom stereocenters. The van der Waals surface area contributed by atoms with Crippen molar-refractivity contribution >= 4 is 11.8 Å². The van der Waals surface area contributed by atoms with E-state index >= 15 is 0 Å². The molecule has 4 nitrogen and oxygen atoms in total. The third-order valence-electron chi connectivity index (χ3n) is 2.59. The Morgan fingerprint density at radius 2 is 1.94 bits per heavy atom. The number of hydrogen-bond acceptors (Lipinski definition) is 4. The Morgan fingerprint density at radius 1 is 1.22 bits per heavy atom. The SMILES string of the molecule is CCOc1ccc(C(=O)CCC(=O)OC)c(C)c1. The summed E-state index contributed by atoms with van der Waals surface area (Å²) in [4.78, 5) is 22.9. The summed E-state index contributed by atoms with van der Waals surface area (Å²) >= 11 is 0. The molecule has 0 heterocycles. The van der Waals surface area contributed by atoms with Gasteiger partial charge in [0.1, 0.15) is 5.75 Å². The fourth-order valence-corrected chi connectivity index (χ4v) is 1.66. The van der Waals surface area contributed by atoms with Crippen LogP contribution in [0.25, 0.3) is 0 Å². The van der Waals surface area contributed by atoms with Gasteiger partial charge in [-0.2, -0.15) is 0 Å². The van der Waals surface area contributed by atoms with Crippen molar-refractivity contribution in [2.24, 2.45) is 0 Å². The van der Waals surface area contributed by atoms with Crippen LogP contribution in [0, 0.1) is 6.92 Å². The zero-order valence-corrected chi connectivity index (χ0v) is 11.0. The van der Waals surface area contributed by atoms with Gasteiger partial charge in [0.2, 0.25) is 0 Å². The second-order valence-corrected chi connectivity index (χ2v) is 3.91. The average molecular weight is 250 g/mol. The number of ketones is 1. The lowest BCUT2D eigenvalue weighted by molar-refractivity contribution is -0.140. The molecule has 0 saturated heterocycles. The van der Waals surface area contributed by atoms with Crippen molar-refractivity contribution in [2.45, 2.75) is 26.7 Å². The van der Waals surface area contributed by atoms with Gasteiger partial charge in [-0.15, -0.1) is 0 Å². The van der Waals surface area contributed by atoms with Crippen LogP contribution in [-0.2, 0) is 9.53 Å². The van der Waals surface area contributed by atoms with Crippen LogP contribution in [0.3, 0.4) is 0 Å². The van der Waals surface area contributed by atoms with Gasteiger partial charge in [-0.1, -0.05) is 0 Å². The van der Waals surface area contributed by atoms with E-state index in [1.165, 1.54) is 7.11 Å². The zero-order valence-electron chi connectivity index (χ0n) is 11.0. The molecule has 0 bridgehead atoms. The van der Waals surface area contributed by atoms with Crippen LogP contribution < -0.4 is 4.74 Å². The maximum Gasteiger partial charge on any atom is 0.305 e. The normalized spacial score (nSPS) is 9.94. The molecular formula is C14H18O4. The summed E-state index contributed by atoms with van der Waals surface area (Å²) in [6, 6.07) is 5.33. The van der Waals surface area contributed by atoms with Crippen LogP contribution in [0.15, 0.2) is 18.2 Å². The summed E-state index contributed by atoms with van der Waals surface area (Å²) in [5, 5.41) is 0. The Bertz CT molecular complexity index is 437. The highest BCUT2D eigenvalue weighted by atomic mass is 16.5. The molecule has 18 heavy (non-hydrogen) atoms. The molecule has 1 aromatic rings. The molecule has 0 atom stereocenters. The van der Waals surface area contributed by atoms with Gasteiger partial charge in [-0.3, -0.25) is 9.59 Å². The van der Waals surface area contributed by atoms with E-state index in [9.17, 15) is 9.59 Å². The predicted molar refractivity (Wildman–Crippen MR) is 67.9 cm³/mol. The van der Waals surface area contributed by atoms with Gasteiger partial charge >= 0.3 is 5.97 Å². The number of Topliss-reactive ketones (excluding diaryl/α,β-unsaturated/α-hetero) is 1. The molecule has 0 N–H and O–H groups in total. The number of methoxy groups -OCH3 is 1. The third kappa shape index (κ3) is 3.87. The lowest BCUT2D eigenvalue weighted by Crippen LogP contribution is -2.07. The van der Waals surface area contributed by atoms with Gasteiger partial charge in [-0.25, -0.2) is 0 Å². The number of esters is 1. The number of carbonyl (C=O) groups excluding carboxylic acids is 2. The molecule has 4 heteroatoms. The molecule has 0 saturated carbocycles. The monoisotopic (exact) mass is 250 g/mol. The maximum absolute atomic E-state index is 11.9. The molecule has 0 amide bonds. The molecule has 0 aromatic heterocycles. The van der Waals surface area contributed by atoms with E-state index in [0.29, 0.717) is 12.2 Å². The Balaban J connectivity index is 2.71. The van der Waals surface area contributed by atoms with E-state index in [1.54, 1.807) is 12.1 Å². The van der Waals surface area contributed by atoms with Crippen molar-refractivity contribution in [3.8, 4) is 5.75 Å². The quantitative estimate of drug-likeness (QED) is 0.575. The zero-order chi connectivity index (χ0) is 13.5. The Labute approximate surface area is 107 Å². The van der Waals surface area contributed by atoms with Gasteiger partial charge in [0.15, 0.2) is 5.78 Å². The first-order valence-corrected chi connectivity index (χ1v) is 5.92. The first-order valence-electron chi connectivity index (χ1n) is 5.92. The predicted octanol–water partition coefficient (Wildman–Crippen LogP) is 2.53. The minimum Gasteiger partial charge on any atom is -0.494 e. The molecule has 0 spiro atoms. The molecule has 0 radical (unpaired) electrons. The Hall–Kier alpha value is -1.84. The summed E-state index contributed by atoms with van der Waals surface area (Å²) in [7, 11) is 1.31. The molecule has 98 valence electrons. The lowest BCUT2D eigenvalue weighted by Gasteiger charge is -2.08. The van der Waals surface area contributed by atoms with Gasteiger partial charge in [0, 0.05) is 12.0 Å². The summed E-state index contributed by atoms with van der Waals surface area (Å²) in [5.74, 6) is 0.326. The minimum absolute atomic E-state index is 0.0547. The number of rotatable bonds is 6. The standard InChI is InChI=1S/C14H18O4/c1-4-18-11-5-6-12(10(2)9-11)13(15)7-8-14(16)17-3/h5-6,9H,4,7-8H2,1-3H3. The number of hydrogen-bond donors (Lipinski definition) is 0. The second-order valence-electron chi connectivity index (χ2n) is 3.91. The fraction of sp³-hybridized carbons (Fsp3) is 0.429. The smallest absolute Gasteiger partial charge is 0.305 e. The fourth-order valence-electron chi connectivity index (χ4n) is 1.66. The summed E-state index contributed by atoms with van der Waals surface area (Å²) in [5.41, 5.74) is 1.48. The molecular weight excluding hydrogens is 232 g/mol. The van der Waals surface area contributed by atoms with Gasteiger partial charge in [0.05, 0.1) is 20.1 Å². The highest BCUT2D eigenvalue weighted by Gasteiger charge is 2.12. The van der Waals surface area contributed by atoms with E-state index in [4.69, 9.17) is 4.74 Å². The van der Waals surface area contributed by atoms with Crippen LogP contribution in [0.4, 0.5) is 0 Å². The van der Waals surface area contributed by atoms with E-state index in [0.717, 1.165) is 11.3 Å². The molecule has 1 aromatic carbocycles. The van der Waals surface area contributed by atoms with Crippen molar-refractivity contribution in [1.29, 1.82) is 0 Å². The Morgan fingerprint density at radius 3 is 2.50 bits per heavy atom. The van der Waals surface area contributed by atoms with Gasteiger partial charge in [0.25, 0.3) is 0 Å². The van der Waals surface area contributed by atoms with Crippen molar-refractivity contribution in [1.82, 2.24) is 0 Å².